The van der Waals surface area contributed by atoms with E-state index < -0.39 is 0 Å². The van der Waals surface area contributed by atoms with Gasteiger partial charge in [-0.05, 0) is 50.0 Å². The zero-order valence-electron chi connectivity index (χ0n) is 14.4. The molecular formula is C19H28N2O3. The lowest BCUT2D eigenvalue weighted by atomic mass is 9.77. The second kappa shape index (κ2) is 9.96. The zero-order valence-corrected chi connectivity index (χ0v) is 14.4. The molecule has 132 valence electrons. The quantitative estimate of drug-likeness (QED) is 0.595. The molecule has 0 unspecified atom stereocenters. The van der Waals surface area contributed by atoms with Crippen molar-refractivity contribution in [3.05, 3.63) is 35.9 Å². The van der Waals surface area contributed by atoms with Crippen LogP contribution in [0.2, 0.25) is 0 Å². The van der Waals surface area contributed by atoms with Gasteiger partial charge in [0.2, 0.25) is 0 Å². The van der Waals surface area contributed by atoms with Gasteiger partial charge in [-0.25, -0.2) is 4.79 Å². The number of amides is 2. The Labute approximate surface area is 144 Å². The van der Waals surface area contributed by atoms with Gasteiger partial charge in [0.1, 0.15) is 6.61 Å². The zero-order chi connectivity index (χ0) is 17.2. The van der Waals surface area contributed by atoms with Crippen LogP contribution in [0.25, 0.3) is 0 Å². The van der Waals surface area contributed by atoms with E-state index in [1.165, 1.54) is 5.56 Å². The van der Waals surface area contributed by atoms with Crippen LogP contribution in [0.1, 0.15) is 50.5 Å². The third kappa shape index (κ3) is 6.22. The highest BCUT2D eigenvalue weighted by Crippen LogP contribution is 2.36. The molecule has 1 fully saturated rings. The van der Waals surface area contributed by atoms with Crippen LogP contribution in [0.15, 0.2) is 30.3 Å². The maximum Gasteiger partial charge on any atom is 0.314 e. The standard InChI is InChI=1S/C19H28N2O3/c1-2-20-19(23)21-12-13-24-18(22)14-15-8-10-17(11-9-15)16-6-4-3-5-7-16/h3-7,15,17H,2,8-14H2,1H3,(H2,20,21,23). The van der Waals surface area contributed by atoms with Crippen molar-refractivity contribution in [3.8, 4) is 0 Å². The molecule has 1 aliphatic rings. The number of hydrogen-bond donors (Lipinski definition) is 2. The number of benzene rings is 1. The molecule has 1 saturated carbocycles. The summed E-state index contributed by atoms with van der Waals surface area (Å²) >= 11 is 0. The Morgan fingerprint density at radius 3 is 2.46 bits per heavy atom. The van der Waals surface area contributed by atoms with E-state index in [9.17, 15) is 9.59 Å². The third-order valence-electron chi connectivity index (χ3n) is 4.56. The molecule has 1 aliphatic carbocycles. The van der Waals surface area contributed by atoms with Crippen molar-refractivity contribution in [2.75, 3.05) is 19.7 Å². The number of esters is 1. The summed E-state index contributed by atoms with van der Waals surface area (Å²) in [6.45, 7) is 3.01. The Morgan fingerprint density at radius 1 is 1.08 bits per heavy atom. The fourth-order valence-corrected chi connectivity index (χ4v) is 3.27. The lowest BCUT2D eigenvalue weighted by Crippen LogP contribution is -2.37. The minimum absolute atomic E-state index is 0.157. The summed E-state index contributed by atoms with van der Waals surface area (Å²) < 4.78 is 5.20. The molecule has 24 heavy (non-hydrogen) atoms. The monoisotopic (exact) mass is 332 g/mol. The van der Waals surface area contributed by atoms with E-state index in [0.717, 1.165) is 25.7 Å². The van der Waals surface area contributed by atoms with Crippen molar-refractivity contribution in [1.82, 2.24) is 10.6 Å². The van der Waals surface area contributed by atoms with E-state index in [1.54, 1.807) is 0 Å². The molecule has 2 amide bonds. The molecule has 0 heterocycles. The number of hydrogen-bond acceptors (Lipinski definition) is 3. The molecular weight excluding hydrogens is 304 g/mol. The first-order valence-corrected chi connectivity index (χ1v) is 8.91. The van der Waals surface area contributed by atoms with Crippen molar-refractivity contribution < 1.29 is 14.3 Å². The van der Waals surface area contributed by atoms with Gasteiger partial charge in [0.05, 0.1) is 6.54 Å². The van der Waals surface area contributed by atoms with Crippen LogP contribution in [0.5, 0.6) is 0 Å². The van der Waals surface area contributed by atoms with Crippen LogP contribution in [-0.2, 0) is 9.53 Å². The number of carbonyl (C=O) groups is 2. The Bertz CT molecular complexity index is 511. The van der Waals surface area contributed by atoms with Crippen molar-refractivity contribution in [2.24, 2.45) is 5.92 Å². The van der Waals surface area contributed by atoms with Gasteiger partial charge >= 0.3 is 12.0 Å². The average Bonchev–Trinajstić information content (AvgIpc) is 2.60. The van der Waals surface area contributed by atoms with Crippen LogP contribution in [0.4, 0.5) is 4.79 Å². The second-order valence-corrected chi connectivity index (χ2v) is 6.34. The molecule has 1 aromatic rings. The van der Waals surface area contributed by atoms with Crippen LogP contribution >= 0.6 is 0 Å². The minimum atomic E-state index is -0.229. The largest absolute Gasteiger partial charge is 0.464 e. The van der Waals surface area contributed by atoms with Gasteiger partial charge in [-0.15, -0.1) is 0 Å². The molecule has 1 aromatic carbocycles. The summed E-state index contributed by atoms with van der Waals surface area (Å²) in [4.78, 5) is 23.1. The Balaban J connectivity index is 1.59. The highest BCUT2D eigenvalue weighted by atomic mass is 16.5. The molecule has 5 nitrogen and oxygen atoms in total. The number of carbonyl (C=O) groups excluding carboxylic acids is 2. The summed E-state index contributed by atoms with van der Waals surface area (Å²) in [5.41, 5.74) is 1.41. The number of nitrogens with one attached hydrogen (secondary N) is 2. The topological polar surface area (TPSA) is 67.4 Å². The first kappa shape index (κ1) is 18.3. The van der Waals surface area contributed by atoms with Crippen LogP contribution in [0, 0.1) is 5.92 Å². The van der Waals surface area contributed by atoms with Gasteiger partial charge in [0.15, 0.2) is 0 Å². The van der Waals surface area contributed by atoms with E-state index in [1.807, 2.05) is 13.0 Å². The molecule has 2 rings (SSSR count). The van der Waals surface area contributed by atoms with Crippen molar-refractivity contribution in [2.45, 2.75) is 44.9 Å². The van der Waals surface area contributed by atoms with Crippen molar-refractivity contribution >= 4 is 12.0 Å². The number of rotatable bonds is 7. The third-order valence-corrected chi connectivity index (χ3v) is 4.56. The molecule has 0 saturated heterocycles. The van der Waals surface area contributed by atoms with Crippen molar-refractivity contribution in [3.63, 3.8) is 0 Å². The van der Waals surface area contributed by atoms with Gasteiger partial charge in [0.25, 0.3) is 0 Å². The van der Waals surface area contributed by atoms with Crippen LogP contribution in [0.3, 0.4) is 0 Å². The molecule has 0 aliphatic heterocycles. The van der Waals surface area contributed by atoms with Gasteiger partial charge in [0, 0.05) is 13.0 Å². The predicted octanol–water partition coefficient (Wildman–Crippen LogP) is 3.21. The molecule has 0 aromatic heterocycles. The molecule has 2 N–H and O–H groups in total. The van der Waals surface area contributed by atoms with E-state index in [0.29, 0.717) is 31.3 Å². The first-order chi connectivity index (χ1) is 11.7. The minimum Gasteiger partial charge on any atom is -0.464 e. The fourth-order valence-electron chi connectivity index (χ4n) is 3.27. The normalized spacial score (nSPS) is 20.2. The highest BCUT2D eigenvalue weighted by Gasteiger charge is 2.24. The van der Waals surface area contributed by atoms with E-state index in [-0.39, 0.29) is 18.6 Å². The number of urea groups is 1. The Hall–Kier alpha value is -2.04. The summed E-state index contributed by atoms with van der Waals surface area (Å²) in [5, 5.41) is 5.27. The SMILES string of the molecule is CCNC(=O)NCCOC(=O)CC1CCC(c2ccccc2)CC1. The van der Waals surface area contributed by atoms with Crippen LogP contribution < -0.4 is 10.6 Å². The fraction of sp³-hybridized carbons (Fsp3) is 0.579. The molecule has 0 radical (unpaired) electrons. The summed E-state index contributed by atoms with van der Waals surface area (Å²) in [5.74, 6) is 0.893. The van der Waals surface area contributed by atoms with E-state index >= 15 is 0 Å². The summed E-state index contributed by atoms with van der Waals surface area (Å²) in [6, 6.07) is 10.4. The second-order valence-electron chi connectivity index (χ2n) is 6.34. The van der Waals surface area contributed by atoms with Gasteiger partial charge < -0.3 is 15.4 Å². The van der Waals surface area contributed by atoms with E-state index in [4.69, 9.17) is 4.74 Å². The Morgan fingerprint density at radius 2 is 1.79 bits per heavy atom. The van der Waals surface area contributed by atoms with Gasteiger partial charge in [-0.3, -0.25) is 4.79 Å². The summed E-state index contributed by atoms with van der Waals surface area (Å²) in [6.07, 6.45) is 4.92. The molecule has 5 heteroatoms. The molecule has 0 atom stereocenters. The van der Waals surface area contributed by atoms with Gasteiger partial charge in [-0.1, -0.05) is 30.3 Å². The predicted molar refractivity (Wildman–Crippen MR) is 93.8 cm³/mol. The number of ether oxygens (including phenoxy) is 1. The molecule has 0 spiro atoms. The maximum atomic E-state index is 11.9. The Kier molecular flexibility index (Phi) is 7.59. The lowest BCUT2D eigenvalue weighted by Gasteiger charge is -2.28. The van der Waals surface area contributed by atoms with Crippen molar-refractivity contribution in [1.29, 1.82) is 0 Å². The average molecular weight is 332 g/mol. The lowest BCUT2D eigenvalue weighted by molar-refractivity contribution is -0.144. The highest BCUT2D eigenvalue weighted by molar-refractivity contribution is 5.73. The smallest absolute Gasteiger partial charge is 0.314 e. The van der Waals surface area contributed by atoms with Gasteiger partial charge in [-0.2, -0.15) is 0 Å². The maximum absolute atomic E-state index is 11.9. The van der Waals surface area contributed by atoms with E-state index in [2.05, 4.69) is 34.9 Å². The summed E-state index contributed by atoms with van der Waals surface area (Å²) in [7, 11) is 0. The van der Waals surface area contributed by atoms with Crippen LogP contribution in [-0.4, -0.2) is 31.7 Å². The molecule has 0 bridgehead atoms. The first-order valence-electron chi connectivity index (χ1n) is 8.91.